The summed E-state index contributed by atoms with van der Waals surface area (Å²) in [5.74, 6) is 0.884. The predicted octanol–water partition coefficient (Wildman–Crippen LogP) is 3.39. The molecule has 2 aromatic carbocycles. The molecule has 3 aromatic rings. The molecule has 2 N–H and O–H groups in total. The van der Waals surface area contributed by atoms with Crippen LogP contribution >= 0.6 is 0 Å². The van der Waals surface area contributed by atoms with Crippen LogP contribution in [-0.4, -0.2) is 41.2 Å². The number of hydrogen-bond donors (Lipinski definition) is 2. The van der Waals surface area contributed by atoms with E-state index in [9.17, 15) is 4.79 Å². The van der Waals surface area contributed by atoms with Gasteiger partial charge in [0, 0.05) is 25.2 Å². The fourth-order valence-corrected chi connectivity index (χ4v) is 4.43. The molecule has 0 aliphatic carbocycles. The SMILES string of the molecule is O=C(C1CC(c2ccccc2)NN1)N(Cc1ccc(OC2CCOC2)cc1)Cc1ccccn1. The number of benzene rings is 2. The Morgan fingerprint density at radius 1 is 1.00 bits per heavy atom. The van der Waals surface area contributed by atoms with Gasteiger partial charge in [-0.2, -0.15) is 0 Å². The standard InChI is InChI=1S/C27H30N4O3/c32-27(26-16-25(29-30-26)21-6-2-1-3-7-21)31(18-22-8-4-5-14-28-22)17-20-9-11-23(12-10-20)34-24-13-15-33-19-24/h1-12,14,24-26,29-30H,13,15-19H2. The monoisotopic (exact) mass is 458 g/mol. The summed E-state index contributed by atoms with van der Waals surface area (Å²) in [4.78, 5) is 19.9. The summed E-state index contributed by atoms with van der Waals surface area (Å²) >= 11 is 0. The van der Waals surface area contributed by atoms with Gasteiger partial charge in [-0.1, -0.05) is 48.5 Å². The molecule has 3 heterocycles. The van der Waals surface area contributed by atoms with Crippen molar-refractivity contribution >= 4 is 5.91 Å². The van der Waals surface area contributed by atoms with Crippen LogP contribution in [0, 0.1) is 0 Å². The van der Waals surface area contributed by atoms with Crippen molar-refractivity contribution in [1.82, 2.24) is 20.7 Å². The van der Waals surface area contributed by atoms with Gasteiger partial charge < -0.3 is 14.4 Å². The van der Waals surface area contributed by atoms with Crippen LogP contribution in [0.15, 0.2) is 79.0 Å². The lowest BCUT2D eigenvalue weighted by Crippen LogP contribution is -2.45. The van der Waals surface area contributed by atoms with Crippen molar-refractivity contribution in [3.63, 3.8) is 0 Å². The molecule has 2 fully saturated rings. The minimum atomic E-state index is -0.307. The summed E-state index contributed by atoms with van der Waals surface area (Å²) in [5, 5.41) is 0. The molecule has 7 nitrogen and oxygen atoms in total. The lowest BCUT2D eigenvalue weighted by atomic mass is 10.0. The summed E-state index contributed by atoms with van der Waals surface area (Å²) in [6, 6.07) is 23.8. The number of aromatic nitrogens is 1. The Labute approximate surface area is 200 Å². The third-order valence-electron chi connectivity index (χ3n) is 6.28. The van der Waals surface area contributed by atoms with Crippen molar-refractivity contribution in [2.45, 2.75) is 44.1 Å². The third kappa shape index (κ3) is 5.62. The second-order valence-corrected chi connectivity index (χ2v) is 8.80. The number of amides is 1. The number of nitrogens with one attached hydrogen (secondary N) is 2. The fraction of sp³-hybridized carbons (Fsp3) is 0.333. The van der Waals surface area contributed by atoms with E-state index in [0.717, 1.165) is 30.0 Å². The first-order valence-corrected chi connectivity index (χ1v) is 11.8. The average molecular weight is 459 g/mol. The first-order valence-electron chi connectivity index (χ1n) is 11.8. The second kappa shape index (κ2) is 10.8. The third-order valence-corrected chi connectivity index (χ3v) is 6.28. The molecule has 0 radical (unpaired) electrons. The molecule has 3 atom stereocenters. The summed E-state index contributed by atoms with van der Waals surface area (Å²) in [6.07, 6.45) is 3.49. The maximum Gasteiger partial charge on any atom is 0.241 e. The first kappa shape index (κ1) is 22.5. The quantitative estimate of drug-likeness (QED) is 0.539. The van der Waals surface area contributed by atoms with Crippen molar-refractivity contribution in [3.05, 3.63) is 95.8 Å². The van der Waals surface area contributed by atoms with E-state index < -0.39 is 0 Å². The lowest BCUT2D eigenvalue weighted by Gasteiger charge is -2.25. The summed E-state index contributed by atoms with van der Waals surface area (Å²) in [6.45, 7) is 2.34. The molecule has 3 unspecified atom stereocenters. The average Bonchev–Trinajstić information content (AvgIpc) is 3.58. The number of rotatable bonds is 8. The van der Waals surface area contributed by atoms with Crippen molar-refractivity contribution in [1.29, 1.82) is 0 Å². The van der Waals surface area contributed by atoms with Crippen LogP contribution in [0.3, 0.4) is 0 Å². The van der Waals surface area contributed by atoms with Crippen molar-refractivity contribution in [2.24, 2.45) is 0 Å². The van der Waals surface area contributed by atoms with Gasteiger partial charge in [0.25, 0.3) is 0 Å². The number of carbonyl (C=O) groups is 1. The minimum Gasteiger partial charge on any atom is -0.488 e. The zero-order chi connectivity index (χ0) is 23.2. The molecule has 0 bridgehead atoms. The van der Waals surface area contributed by atoms with Crippen LogP contribution in [0.5, 0.6) is 5.75 Å². The van der Waals surface area contributed by atoms with E-state index in [1.165, 1.54) is 5.56 Å². The minimum absolute atomic E-state index is 0.0556. The molecule has 7 heteroatoms. The molecular weight excluding hydrogens is 428 g/mol. The number of pyridine rings is 1. The van der Waals surface area contributed by atoms with Crippen LogP contribution in [0.25, 0.3) is 0 Å². The number of hydrogen-bond acceptors (Lipinski definition) is 6. The Balaban J connectivity index is 1.27. The van der Waals surface area contributed by atoms with Crippen LogP contribution in [0.4, 0.5) is 0 Å². The highest BCUT2D eigenvalue weighted by Gasteiger charge is 2.33. The number of nitrogens with zero attached hydrogens (tertiary/aromatic N) is 2. The van der Waals surface area contributed by atoms with Gasteiger partial charge in [0.05, 0.1) is 25.5 Å². The normalized spacial score (nSPS) is 21.9. The van der Waals surface area contributed by atoms with Gasteiger partial charge in [-0.15, -0.1) is 0 Å². The van der Waals surface area contributed by atoms with E-state index in [1.807, 2.05) is 65.6 Å². The molecule has 2 saturated heterocycles. The van der Waals surface area contributed by atoms with Crippen LogP contribution in [-0.2, 0) is 22.6 Å². The Hall–Kier alpha value is -3.26. The highest BCUT2D eigenvalue weighted by molar-refractivity contribution is 5.82. The van der Waals surface area contributed by atoms with Crippen molar-refractivity contribution in [2.75, 3.05) is 13.2 Å². The van der Waals surface area contributed by atoms with Crippen LogP contribution < -0.4 is 15.6 Å². The Morgan fingerprint density at radius 3 is 2.56 bits per heavy atom. The summed E-state index contributed by atoms with van der Waals surface area (Å²) < 4.78 is 11.4. The van der Waals surface area contributed by atoms with Crippen LogP contribution in [0.2, 0.25) is 0 Å². The summed E-state index contributed by atoms with van der Waals surface area (Å²) in [7, 11) is 0. The molecule has 2 aliphatic rings. The van der Waals surface area contributed by atoms with Gasteiger partial charge in [0.15, 0.2) is 0 Å². The van der Waals surface area contributed by atoms with Gasteiger partial charge in [-0.05, 0) is 41.8 Å². The molecule has 5 rings (SSSR count). The second-order valence-electron chi connectivity index (χ2n) is 8.80. The van der Waals surface area contributed by atoms with Gasteiger partial charge in [0.2, 0.25) is 5.91 Å². The maximum absolute atomic E-state index is 13.6. The molecular formula is C27H30N4O3. The van der Waals surface area contributed by atoms with E-state index in [4.69, 9.17) is 9.47 Å². The van der Waals surface area contributed by atoms with E-state index in [-0.39, 0.29) is 24.1 Å². The molecule has 34 heavy (non-hydrogen) atoms. The Bertz CT molecular complexity index is 1060. The van der Waals surface area contributed by atoms with Crippen molar-refractivity contribution < 1.29 is 14.3 Å². The lowest BCUT2D eigenvalue weighted by molar-refractivity contribution is -0.134. The highest BCUT2D eigenvalue weighted by atomic mass is 16.5. The van der Waals surface area contributed by atoms with E-state index in [0.29, 0.717) is 26.1 Å². The Morgan fingerprint density at radius 2 is 1.82 bits per heavy atom. The van der Waals surface area contributed by atoms with Crippen LogP contribution in [0.1, 0.15) is 35.7 Å². The number of ether oxygens (including phenoxy) is 2. The topological polar surface area (TPSA) is 75.7 Å². The predicted molar refractivity (Wildman–Crippen MR) is 129 cm³/mol. The number of hydrazine groups is 1. The first-order chi connectivity index (χ1) is 16.7. The Kier molecular flexibility index (Phi) is 7.14. The van der Waals surface area contributed by atoms with E-state index in [2.05, 4.69) is 28.0 Å². The molecule has 0 saturated carbocycles. The van der Waals surface area contributed by atoms with Gasteiger partial charge in [-0.3, -0.25) is 9.78 Å². The van der Waals surface area contributed by atoms with E-state index in [1.54, 1.807) is 6.20 Å². The van der Waals surface area contributed by atoms with Gasteiger partial charge >= 0.3 is 0 Å². The molecule has 1 aromatic heterocycles. The smallest absolute Gasteiger partial charge is 0.241 e. The molecule has 1 amide bonds. The molecule has 0 spiro atoms. The maximum atomic E-state index is 13.6. The van der Waals surface area contributed by atoms with Gasteiger partial charge in [-0.25, -0.2) is 10.9 Å². The molecule has 176 valence electrons. The zero-order valence-electron chi connectivity index (χ0n) is 19.1. The fourth-order valence-electron chi connectivity index (χ4n) is 4.43. The van der Waals surface area contributed by atoms with Crippen molar-refractivity contribution in [3.8, 4) is 5.75 Å². The van der Waals surface area contributed by atoms with Gasteiger partial charge in [0.1, 0.15) is 17.9 Å². The zero-order valence-corrected chi connectivity index (χ0v) is 19.1. The summed E-state index contributed by atoms with van der Waals surface area (Å²) in [5.41, 5.74) is 9.58. The largest absolute Gasteiger partial charge is 0.488 e. The highest BCUT2D eigenvalue weighted by Crippen LogP contribution is 2.24. The molecule has 2 aliphatic heterocycles. The van der Waals surface area contributed by atoms with E-state index >= 15 is 0 Å². The number of carbonyl (C=O) groups excluding carboxylic acids is 1.